The molecule has 0 aliphatic carbocycles. The van der Waals surface area contributed by atoms with E-state index in [4.69, 9.17) is 14.2 Å². The van der Waals surface area contributed by atoms with Gasteiger partial charge in [0.25, 0.3) is 0 Å². The fraction of sp³-hybridized carbons (Fsp3) is 0.838. The van der Waals surface area contributed by atoms with Crippen molar-refractivity contribution in [1.82, 2.24) is 0 Å². The highest BCUT2D eigenvalue weighted by molar-refractivity contribution is 5.71. The van der Waals surface area contributed by atoms with Crippen LogP contribution in [0.25, 0.3) is 0 Å². The molecule has 0 N–H and O–H groups in total. The van der Waals surface area contributed by atoms with Gasteiger partial charge in [0.15, 0.2) is 6.10 Å². The first-order valence-electron chi connectivity index (χ1n) is 32.6. The third-order valence-corrected chi connectivity index (χ3v) is 14.6. The Bertz CT molecular complexity index is 1280. The SMILES string of the molecule is CC/C=C\C/C=C\C/C=C\CCCCCCCCCC(=O)OC(COC(=O)CCCCCCCCCC)COC(=O)CCCCCCCCCCCCCCCCCCCCC/C=C\CCCCCCCCCC. The highest BCUT2D eigenvalue weighted by atomic mass is 16.6. The zero-order valence-corrected chi connectivity index (χ0v) is 49.6. The summed E-state index contributed by atoms with van der Waals surface area (Å²) in [5, 5.41) is 0. The maximum atomic E-state index is 12.8. The van der Waals surface area contributed by atoms with E-state index in [-0.39, 0.29) is 31.1 Å². The smallest absolute Gasteiger partial charge is 0.306 e. The highest BCUT2D eigenvalue weighted by Crippen LogP contribution is 2.18. The average Bonchev–Trinajstić information content (AvgIpc) is 3.40. The van der Waals surface area contributed by atoms with Gasteiger partial charge in [-0.1, -0.05) is 301 Å². The highest BCUT2D eigenvalue weighted by Gasteiger charge is 2.19. The minimum Gasteiger partial charge on any atom is -0.462 e. The van der Waals surface area contributed by atoms with Crippen molar-refractivity contribution >= 4 is 17.9 Å². The number of hydrogen-bond acceptors (Lipinski definition) is 6. The van der Waals surface area contributed by atoms with Gasteiger partial charge >= 0.3 is 17.9 Å². The van der Waals surface area contributed by atoms with Crippen molar-refractivity contribution in [2.45, 2.75) is 354 Å². The van der Waals surface area contributed by atoms with Crippen molar-refractivity contribution in [1.29, 1.82) is 0 Å². The van der Waals surface area contributed by atoms with Crippen molar-refractivity contribution < 1.29 is 28.6 Å². The maximum Gasteiger partial charge on any atom is 0.306 e. The molecule has 432 valence electrons. The van der Waals surface area contributed by atoms with Gasteiger partial charge in [-0.05, 0) is 77.0 Å². The van der Waals surface area contributed by atoms with Crippen LogP contribution in [0.1, 0.15) is 348 Å². The molecule has 0 heterocycles. The van der Waals surface area contributed by atoms with Crippen LogP contribution in [0.2, 0.25) is 0 Å². The topological polar surface area (TPSA) is 78.9 Å². The zero-order valence-electron chi connectivity index (χ0n) is 49.6. The molecular formula is C68H124O6. The summed E-state index contributed by atoms with van der Waals surface area (Å²) in [6.07, 6.45) is 78.7. The number of allylic oxidation sites excluding steroid dienone is 8. The Balaban J connectivity index is 4.03. The molecule has 0 rings (SSSR count). The van der Waals surface area contributed by atoms with E-state index >= 15 is 0 Å². The van der Waals surface area contributed by atoms with E-state index in [1.54, 1.807) is 0 Å². The first-order valence-corrected chi connectivity index (χ1v) is 32.6. The van der Waals surface area contributed by atoms with E-state index in [1.165, 1.54) is 225 Å². The Morgan fingerprint density at radius 1 is 0.284 bits per heavy atom. The summed E-state index contributed by atoms with van der Waals surface area (Å²) in [5.74, 6) is -0.870. The fourth-order valence-corrected chi connectivity index (χ4v) is 9.69. The van der Waals surface area contributed by atoms with Crippen LogP contribution >= 0.6 is 0 Å². The monoisotopic (exact) mass is 1040 g/mol. The predicted octanol–water partition coefficient (Wildman–Crippen LogP) is 22.2. The summed E-state index contributed by atoms with van der Waals surface area (Å²) < 4.78 is 16.9. The van der Waals surface area contributed by atoms with Crippen molar-refractivity contribution in [2.24, 2.45) is 0 Å². The first kappa shape index (κ1) is 71.4. The third-order valence-electron chi connectivity index (χ3n) is 14.6. The van der Waals surface area contributed by atoms with Gasteiger partial charge < -0.3 is 14.2 Å². The van der Waals surface area contributed by atoms with E-state index in [2.05, 4.69) is 69.4 Å². The summed E-state index contributed by atoms with van der Waals surface area (Å²) in [4.78, 5) is 38.1. The Morgan fingerprint density at radius 2 is 0.527 bits per heavy atom. The number of esters is 3. The number of ether oxygens (including phenoxy) is 3. The van der Waals surface area contributed by atoms with Gasteiger partial charge in [-0.15, -0.1) is 0 Å². The van der Waals surface area contributed by atoms with Crippen molar-refractivity contribution in [3.63, 3.8) is 0 Å². The average molecular weight is 1040 g/mol. The number of hydrogen-bond donors (Lipinski definition) is 0. The quantitative estimate of drug-likeness (QED) is 0.0261. The van der Waals surface area contributed by atoms with Gasteiger partial charge in [0.1, 0.15) is 13.2 Å². The molecule has 0 spiro atoms. The molecule has 0 fully saturated rings. The molecule has 6 heteroatoms. The van der Waals surface area contributed by atoms with Crippen LogP contribution in [0.5, 0.6) is 0 Å². The molecule has 0 aliphatic heterocycles. The molecule has 0 aromatic rings. The molecule has 0 saturated carbocycles. The maximum absolute atomic E-state index is 12.8. The lowest BCUT2D eigenvalue weighted by Crippen LogP contribution is -2.30. The lowest BCUT2D eigenvalue weighted by molar-refractivity contribution is -0.167. The van der Waals surface area contributed by atoms with Gasteiger partial charge in [0, 0.05) is 19.3 Å². The lowest BCUT2D eigenvalue weighted by atomic mass is 10.0. The standard InChI is InChI=1S/C68H124O6/c1-4-7-10-13-16-19-21-23-25-27-28-29-30-31-32-33-34-35-36-37-38-39-40-42-43-45-47-49-52-55-58-61-67(70)73-64-65(63-72-66(69)60-57-54-51-18-15-12-9-6-3)74-68(71)62-59-56-53-50-48-46-44-41-26-24-22-20-17-14-11-8-5-2/h8,11,17,20,24,26-28,65H,4-7,9-10,12-16,18-19,21-23,25,29-64H2,1-3H3/b11-8-,20-17-,26-24-,28-27-. The molecule has 1 unspecified atom stereocenters. The van der Waals surface area contributed by atoms with Gasteiger partial charge in [-0.2, -0.15) is 0 Å². The van der Waals surface area contributed by atoms with E-state index in [9.17, 15) is 14.4 Å². The van der Waals surface area contributed by atoms with Gasteiger partial charge in [-0.3, -0.25) is 14.4 Å². The molecule has 6 nitrogen and oxygen atoms in total. The second kappa shape index (κ2) is 62.9. The minimum absolute atomic E-state index is 0.0732. The van der Waals surface area contributed by atoms with Crippen LogP contribution in [0.15, 0.2) is 48.6 Å². The Hall–Kier alpha value is -2.63. The van der Waals surface area contributed by atoms with Gasteiger partial charge in [0.05, 0.1) is 0 Å². The molecule has 0 bridgehead atoms. The normalized spacial score (nSPS) is 12.3. The second-order valence-electron chi connectivity index (χ2n) is 22.0. The Morgan fingerprint density at radius 3 is 0.838 bits per heavy atom. The van der Waals surface area contributed by atoms with Gasteiger partial charge in [-0.25, -0.2) is 0 Å². The molecule has 0 amide bonds. The summed E-state index contributed by atoms with van der Waals surface area (Å²) in [6, 6.07) is 0. The van der Waals surface area contributed by atoms with E-state index in [0.717, 1.165) is 83.5 Å². The molecule has 0 radical (unpaired) electrons. The summed E-state index contributed by atoms with van der Waals surface area (Å²) in [6.45, 7) is 6.54. The third kappa shape index (κ3) is 60.2. The molecule has 0 saturated heterocycles. The zero-order chi connectivity index (χ0) is 53.6. The van der Waals surface area contributed by atoms with Crippen molar-refractivity contribution in [3.8, 4) is 0 Å². The van der Waals surface area contributed by atoms with Crippen LogP contribution in [0.4, 0.5) is 0 Å². The summed E-state index contributed by atoms with van der Waals surface area (Å²) in [7, 11) is 0. The largest absolute Gasteiger partial charge is 0.462 e. The van der Waals surface area contributed by atoms with Crippen LogP contribution in [-0.2, 0) is 28.6 Å². The molecule has 0 aromatic carbocycles. The number of carbonyl (C=O) groups is 3. The Labute approximate surface area is 460 Å². The van der Waals surface area contributed by atoms with Crippen LogP contribution in [-0.4, -0.2) is 37.2 Å². The number of rotatable bonds is 60. The number of unbranched alkanes of at least 4 members (excludes halogenated alkanes) is 41. The van der Waals surface area contributed by atoms with E-state index in [0.29, 0.717) is 19.3 Å². The van der Waals surface area contributed by atoms with Crippen LogP contribution in [0.3, 0.4) is 0 Å². The first-order chi connectivity index (χ1) is 36.5. The predicted molar refractivity (Wildman–Crippen MR) is 321 cm³/mol. The van der Waals surface area contributed by atoms with Crippen LogP contribution < -0.4 is 0 Å². The Kier molecular flexibility index (Phi) is 60.7. The van der Waals surface area contributed by atoms with E-state index < -0.39 is 6.10 Å². The molecule has 74 heavy (non-hydrogen) atoms. The van der Waals surface area contributed by atoms with Crippen LogP contribution in [0, 0.1) is 0 Å². The van der Waals surface area contributed by atoms with Gasteiger partial charge in [0.2, 0.25) is 0 Å². The summed E-state index contributed by atoms with van der Waals surface area (Å²) >= 11 is 0. The second-order valence-corrected chi connectivity index (χ2v) is 22.0. The lowest BCUT2D eigenvalue weighted by Gasteiger charge is -2.18. The molecular weight excluding hydrogens is 913 g/mol. The minimum atomic E-state index is -0.774. The molecule has 0 aromatic heterocycles. The molecule has 0 aliphatic rings. The van der Waals surface area contributed by atoms with Crippen molar-refractivity contribution in [3.05, 3.63) is 48.6 Å². The molecule has 1 atom stereocenters. The number of carbonyl (C=O) groups excluding carboxylic acids is 3. The fourth-order valence-electron chi connectivity index (χ4n) is 9.69. The van der Waals surface area contributed by atoms with Crippen molar-refractivity contribution in [2.75, 3.05) is 13.2 Å². The summed E-state index contributed by atoms with van der Waals surface area (Å²) in [5.41, 5.74) is 0. The van der Waals surface area contributed by atoms with E-state index in [1.807, 2.05) is 0 Å².